The van der Waals surface area contributed by atoms with E-state index in [1.807, 2.05) is 52.1 Å². The summed E-state index contributed by atoms with van der Waals surface area (Å²) >= 11 is 0. The zero-order chi connectivity index (χ0) is 32.0. The molecule has 0 bridgehead atoms. The Bertz CT molecular complexity index is 1360. The first kappa shape index (κ1) is 32.6. The SMILES string of the molecule is CCOC(=O)CC(c1ccnc(OCC2CCN(c3cc(OC)ncc3C3=CCN(C(=O)OC(C)(C)C)CC3)CC2)c1)C1CC1. The van der Waals surface area contributed by atoms with Gasteiger partial charge in [-0.05, 0) is 94.8 Å². The van der Waals surface area contributed by atoms with Gasteiger partial charge in [-0.3, -0.25) is 4.79 Å². The molecule has 4 heterocycles. The monoisotopic (exact) mass is 620 g/mol. The van der Waals surface area contributed by atoms with Crippen molar-refractivity contribution in [2.24, 2.45) is 11.8 Å². The van der Waals surface area contributed by atoms with Gasteiger partial charge in [0.25, 0.3) is 0 Å². The summed E-state index contributed by atoms with van der Waals surface area (Å²) in [4.78, 5) is 37.9. The fraction of sp³-hybridized carbons (Fsp3) is 0.600. The van der Waals surface area contributed by atoms with Crippen LogP contribution in [0.25, 0.3) is 5.57 Å². The van der Waals surface area contributed by atoms with Crippen LogP contribution in [0.15, 0.2) is 36.7 Å². The Hall–Kier alpha value is -3.82. The van der Waals surface area contributed by atoms with Gasteiger partial charge >= 0.3 is 12.1 Å². The number of amides is 1. The van der Waals surface area contributed by atoms with Gasteiger partial charge in [-0.25, -0.2) is 14.8 Å². The van der Waals surface area contributed by atoms with Gasteiger partial charge in [0.1, 0.15) is 5.60 Å². The number of carbonyl (C=O) groups is 2. The van der Waals surface area contributed by atoms with Gasteiger partial charge in [-0.1, -0.05) is 6.08 Å². The minimum absolute atomic E-state index is 0.141. The molecule has 1 aliphatic carbocycles. The highest BCUT2D eigenvalue weighted by atomic mass is 16.6. The lowest BCUT2D eigenvalue weighted by molar-refractivity contribution is -0.143. The van der Waals surface area contributed by atoms with Crippen molar-refractivity contribution in [3.63, 3.8) is 0 Å². The van der Waals surface area contributed by atoms with Crippen LogP contribution in [0.1, 0.15) is 83.3 Å². The predicted molar refractivity (Wildman–Crippen MR) is 173 cm³/mol. The van der Waals surface area contributed by atoms with Crippen molar-refractivity contribution in [2.75, 3.05) is 51.4 Å². The van der Waals surface area contributed by atoms with Crippen molar-refractivity contribution in [3.8, 4) is 11.8 Å². The Morgan fingerprint density at radius 3 is 2.47 bits per heavy atom. The molecule has 244 valence electrons. The van der Waals surface area contributed by atoms with Crippen LogP contribution in [0.3, 0.4) is 0 Å². The molecule has 2 fully saturated rings. The van der Waals surface area contributed by atoms with Crippen LogP contribution in [0.2, 0.25) is 0 Å². The second-order valence-electron chi connectivity index (χ2n) is 13.3. The summed E-state index contributed by atoms with van der Waals surface area (Å²) in [6.07, 6.45) is 10.9. The minimum Gasteiger partial charge on any atom is -0.481 e. The molecule has 1 amide bonds. The standard InChI is InChI=1S/C35H48N4O6/c1-6-43-33(40)20-28(25-7-8-25)27-9-14-36-32(19-27)44-23-24-10-15-38(16-11-24)30-21-31(42-5)37-22-29(30)26-12-17-39(18-13-26)34(41)45-35(2,3)4/h9,12,14,19,21-22,24-25,28H,6-8,10-11,13,15-18,20,23H2,1-5H3. The normalized spacial score (nSPS) is 18.2. The van der Waals surface area contributed by atoms with Crippen LogP contribution in [-0.2, 0) is 14.3 Å². The fourth-order valence-electron chi connectivity index (χ4n) is 6.19. The first-order chi connectivity index (χ1) is 21.6. The number of anilines is 1. The smallest absolute Gasteiger partial charge is 0.410 e. The molecule has 5 rings (SSSR count). The van der Waals surface area contributed by atoms with Crippen LogP contribution in [-0.4, -0.2) is 79.0 Å². The molecule has 10 nitrogen and oxygen atoms in total. The van der Waals surface area contributed by atoms with E-state index in [0.717, 1.165) is 62.0 Å². The average Bonchev–Trinajstić information content (AvgIpc) is 3.88. The van der Waals surface area contributed by atoms with Gasteiger partial charge in [-0.15, -0.1) is 0 Å². The van der Waals surface area contributed by atoms with Gasteiger partial charge in [0.05, 0.1) is 32.4 Å². The highest BCUT2D eigenvalue weighted by Crippen LogP contribution is 2.45. The van der Waals surface area contributed by atoms with Gasteiger partial charge in [0, 0.05) is 56.3 Å². The molecule has 10 heteroatoms. The number of hydrogen-bond acceptors (Lipinski definition) is 9. The molecule has 1 atom stereocenters. The van der Waals surface area contributed by atoms with Gasteiger partial charge < -0.3 is 28.7 Å². The summed E-state index contributed by atoms with van der Waals surface area (Å²) in [5.41, 5.74) is 3.97. The highest BCUT2D eigenvalue weighted by molar-refractivity contribution is 5.79. The van der Waals surface area contributed by atoms with Gasteiger partial charge in [0.2, 0.25) is 11.8 Å². The molecule has 0 N–H and O–H groups in total. The molecule has 1 unspecified atom stereocenters. The van der Waals surface area contributed by atoms with Crippen LogP contribution in [0.5, 0.6) is 11.8 Å². The van der Waals surface area contributed by atoms with Crippen molar-refractivity contribution >= 4 is 23.3 Å². The third kappa shape index (κ3) is 8.89. The predicted octanol–water partition coefficient (Wildman–Crippen LogP) is 6.25. The van der Waals surface area contributed by atoms with E-state index in [-0.39, 0.29) is 18.0 Å². The summed E-state index contributed by atoms with van der Waals surface area (Å²) in [6.45, 7) is 11.4. The third-order valence-electron chi connectivity index (χ3n) is 8.77. The van der Waals surface area contributed by atoms with Crippen LogP contribution < -0.4 is 14.4 Å². The number of rotatable bonds is 11. The van der Waals surface area contributed by atoms with Crippen LogP contribution in [0.4, 0.5) is 10.5 Å². The number of pyridine rings is 2. The molecule has 2 aliphatic heterocycles. The van der Waals surface area contributed by atoms with Crippen molar-refractivity contribution < 1.29 is 28.5 Å². The number of aromatic nitrogens is 2. The van der Waals surface area contributed by atoms with E-state index >= 15 is 0 Å². The molecule has 2 aromatic rings. The lowest BCUT2D eigenvalue weighted by Crippen LogP contribution is -2.39. The quantitative estimate of drug-likeness (QED) is 0.270. The molecule has 2 aromatic heterocycles. The average molecular weight is 621 g/mol. The number of ether oxygens (including phenoxy) is 4. The lowest BCUT2D eigenvalue weighted by Gasteiger charge is -2.35. The molecule has 0 spiro atoms. The number of nitrogens with zero attached hydrogens (tertiary/aromatic N) is 4. The molecular weight excluding hydrogens is 572 g/mol. The first-order valence-electron chi connectivity index (χ1n) is 16.3. The molecule has 1 saturated heterocycles. The summed E-state index contributed by atoms with van der Waals surface area (Å²) in [5.74, 6) is 2.16. The Kier molecular flexibility index (Phi) is 10.5. The van der Waals surface area contributed by atoms with E-state index in [1.54, 1.807) is 18.2 Å². The molecule has 3 aliphatic rings. The van der Waals surface area contributed by atoms with E-state index in [2.05, 4.69) is 20.9 Å². The van der Waals surface area contributed by atoms with Crippen molar-refractivity contribution in [1.82, 2.24) is 14.9 Å². The zero-order valence-corrected chi connectivity index (χ0v) is 27.4. The summed E-state index contributed by atoms with van der Waals surface area (Å²) < 4.78 is 22.5. The van der Waals surface area contributed by atoms with E-state index in [0.29, 0.717) is 56.3 Å². The number of hydrogen-bond donors (Lipinski definition) is 0. The van der Waals surface area contributed by atoms with Crippen LogP contribution >= 0.6 is 0 Å². The van der Waals surface area contributed by atoms with Gasteiger partial charge in [-0.2, -0.15) is 0 Å². The second kappa shape index (κ2) is 14.5. The maximum Gasteiger partial charge on any atom is 0.410 e. The zero-order valence-electron chi connectivity index (χ0n) is 27.4. The lowest BCUT2D eigenvalue weighted by atomic mass is 9.92. The molecular formula is C35H48N4O6. The van der Waals surface area contributed by atoms with Crippen molar-refractivity contribution in [1.29, 1.82) is 0 Å². The number of carbonyl (C=O) groups excluding carboxylic acids is 2. The Morgan fingerprint density at radius 1 is 1.04 bits per heavy atom. The Labute approximate surface area is 267 Å². The van der Waals surface area contributed by atoms with Gasteiger partial charge in [0.15, 0.2) is 0 Å². The fourth-order valence-corrected chi connectivity index (χ4v) is 6.19. The second-order valence-corrected chi connectivity index (χ2v) is 13.3. The largest absolute Gasteiger partial charge is 0.481 e. The maximum absolute atomic E-state index is 12.6. The minimum atomic E-state index is -0.518. The third-order valence-corrected chi connectivity index (χ3v) is 8.77. The summed E-state index contributed by atoms with van der Waals surface area (Å²) in [5, 5.41) is 0. The Morgan fingerprint density at radius 2 is 1.82 bits per heavy atom. The Balaban J connectivity index is 1.18. The number of methoxy groups -OCH3 is 1. The molecule has 0 aromatic carbocycles. The van der Waals surface area contributed by atoms with E-state index < -0.39 is 5.60 Å². The molecule has 45 heavy (non-hydrogen) atoms. The summed E-state index contributed by atoms with van der Waals surface area (Å²) in [7, 11) is 1.64. The van der Waals surface area contributed by atoms with E-state index in [9.17, 15) is 9.59 Å². The molecule has 1 saturated carbocycles. The van der Waals surface area contributed by atoms with E-state index in [1.165, 1.54) is 5.57 Å². The topological polar surface area (TPSA) is 103 Å². The van der Waals surface area contributed by atoms with E-state index in [4.69, 9.17) is 18.9 Å². The summed E-state index contributed by atoms with van der Waals surface area (Å²) in [6, 6.07) is 6.04. The number of esters is 1. The van der Waals surface area contributed by atoms with Crippen molar-refractivity contribution in [3.05, 3.63) is 47.8 Å². The van der Waals surface area contributed by atoms with Crippen molar-refractivity contribution in [2.45, 2.75) is 77.7 Å². The number of piperidine rings is 1. The highest BCUT2D eigenvalue weighted by Gasteiger charge is 2.34. The maximum atomic E-state index is 12.6. The van der Waals surface area contributed by atoms with Crippen LogP contribution in [0, 0.1) is 11.8 Å². The molecule has 0 radical (unpaired) electrons. The first-order valence-corrected chi connectivity index (χ1v) is 16.3.